The van der Waals surface area contributed by atoms with Gasteiger partial charge in [0.2, 0.25) is 6.29 Å². The molecule has 0 fully saturated rings. The summed E-state index contributed by atoms with van der Waals surface area (Å²) in [5, 5.41) is 0. The minimum atomic E-state index is -0.979. The lowest BCUT2D eigenvalue weighted by atomic mass is 10.2. The number of hydrogen-bond acceptors (Lipinski definition) is 5. The van der Waals surface area contributed by atoms with Gasteiger partial charge in [-0.05, 0) is 19.1 Å². The van der Waals surface area contributed by atoms with Gasteiger partial charge >= 0.3 is 12.1 Å². The van der Waals surface area contributed by atoms with Crippen LogP contribution in [0.15, 0.2) is 24.3 Å². The molecule has 5 nitrogen and oxygen atoms in total. The topological polar surface area (TPSA) is 61.8 Å². The van der Waals surface area contributed by atoms with Gasteiger partial charge in [-0.2, -0.15) is 0 Å². The van der Waals surface area contributed by atoms with Gasteiger partial charge in [-0.1, -0.05) is 31.5 Å². The van der Waals surface area contributed by atoms with Crippen molar-refractivity contribution in [2.75, 3.05) is 0 Å². The monoisotopic (exact) mass is 266 g/mol. The summed E-state index contributed by atoms with van der Waals surface area (Å²) in [5.41, 5.74) is 1.06. The normalized spacial score (nSPS) is 11.8. The van der Waals surface area contributed by atoms with Gasteiger partial charge in [-0.15, -0.1) is 0 Å². The Balaban J connectivity index is 2.42. The summed E-state index contributed by atoms with van der Waals surface area (Å²) in [5.74, 6) is -0.340. The Labute approximate surface area is 112 Å². The molecule has 0 radical (unpaired) electrons. The fourth-order valence-corrected chi connectivity index (χ4v) is 1.19. The van der Waals surface area contributed by atoms with Crippen LogP contribution in [0.4, 0.5) is 4.79 Å². The second-order valence-corrected chi connectivity index (χ2v) is 4.44. The molecule has 1 rings (SSSR count). The molecule has 0 bridgehead atoms. The Morgan fingerprint density at radius 1 is 1.00 bits per heavy atom. The van der Waals surface area contributed by atoms with Gasteiger partial charge in [0.15, 0.2) is 0 Å². The smallest absolute Gasteiger partial charge is 0.425 e. The molecule has 5 heteroatoms. The molecular weight excluding hydrogens is 248 g/mol. The van der Waals surface area contributed by atoms with Crippen molar-refractivity contribution in [1.29, 1.82) is 0 Å². The molecule has 0 N–H and O–H groups in total. The van der Waals surface area contributed by atoms with E-state index in [0.29, 0.717) is 5.75 Å². The average Bonchev–Trinajstić information content (AvgIpc) is 2.31. The lowest BCUT2D eigenvalue weighted by molar-refractivity contribution is -0.170. The third-order valence-corrected chi connectivity index (χ3v) is 2.24. The molecule has 1 aromatic rings. The summed E-state index contributed by atoms with van der Waals surface area (Å²) in [6, 6.07) is 6.93. The fourth-order valence-electron chi connectivity index (χ4n) is 1.19. The van der Waals surface area contributed by atoms with Crippen LogP contribution in [0.1, 0.15) is 26.3 Å². The van der Waals surface area contributed by atoms with E-state index in [1.54, 1.807) is 26.0 Å². The van der Waals surface area contributed by atoms with E-state index in [-0.39, 0.29) is 5.92 Å². The highest BCUT2D eigenvalue weighted by atomic mass is 16.8. The van der Waals surface area contributed by atoms with Gasteiger partial charge < -0.3 is 14.2 Å². The van der Waals surface area contributed by atoms with E-state index < -0.39 is 18.4 Å². The summed E-state index contributed by atoms with van der Waals surface area (Å²) < 4.78 is 14.6. The van der Waals surface area contributed by atoms with Crippen molar-refractivity contribution in [2.24, 2.45) is 5.92 Å². The highest BCUT2D eigenvalue weighted by molar-refractivity contribution is 5.72. The first-order valence-electron chi connectivity index (χ1n) is 6.04. The second kappa shape index (κ2) is 6.78. The Bertz CT molecular complexity index is 436. The van der Waals surface area contributed by atoms with E-state index >= 15 is 0 Å². The summed E-state index contributed by atoms with van der Waals surface area (Å²) >= 11 is 0. The van der Waals surface area contributed by atoms with Crippen LogP contribution >= 0.6 is 0 Å². The first kappa shape index (κ1) is 15.0. The molecule has 104 valence electrons. The van der Waals surface area contributed by atoms with Gasteiger partial charge in [0.25, 0.3) is 0 Å². The highest BCUT2D eigenvalue weighted by Gasteiger charge is 2.17. The maximum Gasteiger partial charge on any atom is 0.516 e. The van der Waals surface area contributed by atoms with E-state index in [2.05, 4.69) is 0 Å². The molecule has 1 aromatic carbocycles. The van der Waals surface area contributed by atoms with Crippen LogP contribution in [0.3, 0.4) is 0 Å². The van der Waals surface area contributed by atoms with Gasteiger partial charge in [0.1, 0.15) is 5.75 Å². The molecular formula is C14H18O5. The minimum absolute atomic E-state index is 0.279. The Hall–Kier alpha value is -2.04. The number of carbonyl (C=O) groups is 2. The number of ether oxygens (including phenoxy) is 3. The van der Waals surface area contributed by atoms with Crippen molar-refractivity contribution in [1.82, 2.24) is 0 Å². The predicted molar refractivity (Wildman–Crippen MR) is 68.7 cm³/mol. The van der Waals surface area contributed by atoms with E-state index in [0.717, 1.165) is 5.56 Å². The summed E-state index contributed by atoms with van der Waals surface area (Å²) in [7, 11) is 0. The maximum absolute atomic E-state index is 11.4. The molecule has 0 unspecified atom stereocenters. The van der Waals surface area contributed by atoms with Crippen LogP contribution in [0.5, 0.6) is 5.75 Å². The molecule has 1 atom stereocenters. The zero-order chi connectivity index (χ0) is 14.4. The Morgan fingerprint density at radius 2 is 1.58 bits per heavy atom. The quantitative estimate of drug-likeness (QED) is 0.476. The standard InChI is InChI=1S/C14H18O5/c1-9(2)13(15)17-11(4)18-14(16)19-12-7-5-10(3)6-8-12/h5-9,11H,1-4H3/t11-/m1/s1. The summed E-state index contributed by atoms with van der Waals surface area (Å²) in [6.07, 6.45) is -1.89. The molecule has 0 aliphatic carbocycles. The second-order valence-electron chi connectivity index (χ2n) is 4.44. The molecule has 0 aliphatic rings. The maximum atomic E-state index is 11.4. The fraction of sp³-hybridized carbons (Fsp3) is 0.429. The zero-order valence-electron chi connectivity index (χ0n) is 11.5. The van der Waals surface area contributed by atoms with Crippen molar-refractivity contribution in [3.63, 3.8) is 0 Å². The molecule has 0 amide bonds. The number of hydrogen-bond donors (Lipinski definition) is 0. The first-order chi connectivity index (χ1) is 8.88. The number of esters is 1. The van der Waals surface area contributed by atoms with Crippen LogP contribution in [0.2, 0.25) is 0 Å². The van der Waals surface area contributed by atoms with Gasteiger partial charge in [-0.25, -0.2) is 4.79 Å². The lowest BCUT2D eigenvalue weighted by Gasteiger charge is -2.15. The summed E-state index contributed by atoms with van der Waals surface area (Å²) in [4.78, 5) is 22.7. The van der Waals surface area contributed by atoms with Crippen LogP contribution in [0.25, 0.3) is 0 Å². The number of aryl methyl sites for hydroxylation is 1. The van der Waals surface area contributed by atoms with Crippen molar-refractivity contribution in [3.8, 4) is 5.75 Å². The van der Waals surface area contributed by atoms with E-state index in [9.17, 15) is 9.59 Å². The number of benzene rings is 1. The summed E-state index contributed by atoms with van der Waals surface area (Å²) in [6.45, 7) is 6.77. The molecule has 0 saturated carbocycles. The van der Waals surface area contributed by atoms with Crippen molar-refractivity contribution >= 4 is 12.1 Å². The minimum Gasteiger partial charge on any atom is -0.425 e. The van der Waals surface area contributed by atoms with Gasteiger partial charge in [0.05, 0.1) is 5.92 Å². The predicted octanol–water partition coefficient (Wildman–Crippen LogP) is 3.06. The van der Waals surface area contributed by atoms with Gasteiger partial charge in [-0.3, -0.25) is 4.79 Å². The molecule has 0 heterocycles. The van der Waals surface area contributed by atoms with Crippen molar-refractivity contribution in [3.05, 3.63) is 29.8 Å². The van der Waals surface area contributed by atoms with E-state index in [1.165, 1.54) is 6.92 Å². The third-order valence-electron chi connectivity index (χ3n) is 2.24. The van der Waals surface area contributed by atoms with Crippen LogP contribution < -0.4 is 4.74 Å². The Kier molecular flexibility index (Phi) is 5.36. The van der Waals surface area contributed by atoms with E-state index in [4.69, 9.17) is 14.2 Å². The number of carbonyl (C=O) groups excluding carboxylic acids is 2. The van der Waals surface area contributed by atoms with Crippen molar-refractivity contribution in [2.45, 2.75) is 34.0 Å². The molecule has 19 heavy (non-hydrogen) atoms. The van der Waals surface area contributed by atoms with Crippen molar-refractivity contribution < 1.29 is 23.8 Å². The SMILES string of the molecule is Cc1ccc(OC(=O)O[C@H](C)OC(=O)C(C)C)cc1. The molecule has 0 saturated heterocycles. The Morgan fingerprint density at radius 3 is 2.11 bits per heavy atom. The van der Waals surface area contributed by atoms with E-state index in [1.807, 2.05) is 19.1 Å². The van der Waals surface area contributed by atoms with Gasteiger partial charge in [0, 0.05) is 6.92 Å². The largest absolute Gasteiger partial charge is 0.516 e. The third kappa shape index (κ3) is 5.42. The average molecular weight is 266 g/mol. The lowest BCUT2D eigenvalue weighted by Crippen LogP contribution is -2.25. The van der Waals surface area contributed by atoms with Crippen LogP contribution in [0, 0.1) is 12.8 Å². The highest BCUT2D eigenvalue weighted by Crippen LogP contribution is 2.13. The number of rotatable bonds is 4. The first-order valence-corrected chi connectivity index (χ1v) is 6.04. The molecule has 0 spiro atoms. The molecule has 0 aliphatic heterocycles. The zero-order valence-corrected chi connectivity index (χ0v) is 11.5. The van der Waals surface area contributed by atoms with Crippen LogP contribution in [-0.2, 0) is 14.3 Å². The van der Waals surface area contributed by atoms with Crippen LogP contribution in [-0.4, -0.2) is 18.4 Å². The molecule has 0 aromatic heterocycles.